The van der Waals surface area contributed by atoms with Gasteiger partial charge in [-0.25, -0.2) is 14.4 Å². The van der Waals surface area contributed by atoms with Crippen molar-refractivity contribution in [3.05, 3.63) is 58.5 Å². The van der Waals surface area contributed by atoms with Crippen LogP contribution in [0.5, 0.6) is 0 Å². The number of imidazole rings is 1. The van der Waals surface area contributed by atoms with Crippen LogP contribution in [0.25, 0.3) is 11.2 Å². The molecule has 3 aromatic heterocycles. The lowest BCUT2D eigenvalue weighted by molar-refractivity contribution is -0.0438. The number of oxazole rings is 1. The molecule has 0 radical (unpaired) electrons. The lowest BCUT2D eigenvalue weighted by atomic mass is 10.1. The Morgan fingerprint density at radius 3 is 2.69 bits per heavy atom. The van der Waals surface area contributed by atoms with Gasteiger partial charge in [-0.15, -0.1) is 0 Å². The maximum absolute atomic E-state index is 13.4. The number of fused-ring (bicyclic) bond motifs is 1. The topological polar surface area (TPSA) is 131 Å². The number of aromatic nitrogens is 5. The van der Waals surface area contributed by atoms with Crippen LogP contribution in [-0.2, 0) is 4.74 Å². The van der Waals surface area contributed by atoms with Crippen LogP contribution in [0, 0.1) is 12.7 Å². The first-order chi connectivity index (χ1) is 15.3. The summed E-state index contributed by atoms with van der Waals surface area (Å²) in [5.74, 6) is 0.399. The highest BCUT2D eigenvalue weighted by molar-refractivity contribution is 6.33. The Bertz CT molecular complexity index is 1310. The molecule has 32 heavy (non-hydrogen) atoms. The van der Waals surface area contributed by atoms with Gasteiger partial charge in [0.1, 0.15) is 23.8 Å². The van der Waals surface area contributed by atoms with E-state index in [0.29, 0.717) is 11.4 Å². The second kappa shape index (κ2) is 7.94. The van der Waals surface area contributed by atoms with E-state index in [2.05, 4.69) is 25.3 Å². The Morgan fingerprint density at radius 1 is 1.16 bits per heavy atom. The van der Waals surface area contributed by atoms with Crippen molar-refractivity contribution in [2.24, 2.45) is 0 Å². The number of hydrogen-bond acceptors (Lipinski definition) is 9. The van der Waals surface area contributed by atoms with Crippen molar-refractivity contribution in [1.82, 2.24) is 24.5 Å². The van der Waals surface area contributed by atoms with E-state index in [1.165, 1.54) is 29.2 Å². The number of aliphatic hydroxyl groups is 2. The van der Waals surface area contributed by atoms with Gasteiger partial charge >= 0.3 is 0 Å². The van der Waals surface area contributed by atoms with Crippen molar-refractivity contribution in [2.45, 2.75) is 31.5 Å². The molecule has 0 amide bonds. The summed E-state index contributed by atoms with van der Waals surface area (Å²) >= 11 is 12.2. The number of hydrogen-bond donors (Lipinski definition) is 3. The Kier molecular flexibility index (Phi) is 5.22. The molecule has 1 aliphatic heterocycles. The average Bonchev–Trinajstić information content (AvgIpc) is 3.43. The maximum atomic E-state index is 13.4. The standard InChI is InChI=1S/C19H15Cl2FN6O4/c1-7-5-23-17(31-7)14-12(29)13(30)18(32-14)28-6-24-11-15(26-19(21)27-16(11)28)25-10-3-2-8(22)4-9(10)20/h2-6,12-14,18,29-30H,1H3,(H,25,26,27)/t12-,13+,14-,18+/m0/s1. The zero-order valence-electron chi connectivity index (χ0n) is 16.3. The van der Waals surface area contributed by atoms with E-state index in [1.54, 1.807) is 6.92 Å². The molecule has 0 unspecified atom stereocenters. The number of halogens is 3. The van der Waals surface area contributed by atoms with Gasteiger partial charge in [-0.3, -0.25) is 4.57 Å². The minimum Gasteiger partial charge on any atom is -0.443 e. The fourth-order valence-corrected chi connectivity index (χ4v) is 3.86. The molecule has 10 nitrogen and oxygen atoms in total. The summed E-state index contributed by atoms with van der Waals surface area (Å²) < 4.78 is 26.1. The number of ether oxygens (including phenoxy) is 1. The zero-order valence-corrected chi connectivity index (χ0v) is 17.8. The molecule has 1 aliphatic rings. The molecule has 1 fully saturated rings. The Labute approximate surface area is 189 Å². The van der Waals surface area contributed by atoms with E-state index < -0.39 is 30.4 Å². The van der Waals surface area contributed by atoms with Crippen molar-refractivity contribution in [3.63, 3.8) is 0 Å². The summed E-state index contributed by atoms with van der Waals surface area (Å²) in [6.07, 6.45) is -1.82. The van der Waals surface area contributed by atoms with Crippen LogP contribution in [0.1, 0.15) is 24.0 Å². The van der Waals surface area contributed by atoms with E-state index in [9.17, 15) is 14.6 Å². The smallest absolute Gasteiger partial charge is 0.226 e. The zero-order chi connectivity index (χ0) is 22.6. The van der Waals surface area contributed by atoms with Gasteiger partial charge in [0, 0.05) is 0 Å². The second-order valence-electron chi connectivity index (χ2n) is 7.15. The van der Waals surface area contributed by atoms with Crippen molar-refractivity contribution >= 4 is 45.9 Å². The lowest BCUT2D eigenvalue weighted by Crippen LogP contribution is -2.29. The van der Waals surface area contributed by atoms with Gasteiger partial charge in [-0.2, -0.15) is 9.97 Å². The van der Waals surface area contributed by atoms with Crippen LogP contribution in [-0.4, -0.2) is 46.9 Å². The van der Waals surface area contributed by atoms with Gasteiger partial charge in [-0.05, 0) is 36.7 Å². The minimum atomic E-state index is -1.33. The molecule has 4 aromatic rings. The highest BCUT2D eigenvalue weighted by atomic mass is 35.5. The number of aryl methyl sites for hydroxylation is 1. The van der Waals surface area contributed by atoms with Crippen LogP contribution >= 0.6 is 23.2 Å². The summed E-state index contributed by atoms with van der Waals surface area (Å²) in [6, 6.07) is 3.83. The summed E-state index contributed by atoms with van der Waals surface area (Å²) in [4.78, 5) is 16.7. The minimum absolute atomic E-state index is 0.118. The number of rotatable bonds is 4. The van der Waals surface area contributed by atoms with E-state index in [4.69, 9.17) is 32.4 Å². The third kappa shape index (κ3) is 3.57. The molecule has 5 rings (SSSR count). The molecule has 4 atom stereocenters. The van der Waals surface area contributed by atoms with Crippen LogP contribution < -0.4 is 5.32 Å². The van der Waals surface area contributed by atoms with Crippen molar-refractivity contribution in [3.8, 4) is 0 Å². The molecule has 13 heteroatoms. The number of aliphatic hydroxyl groups excluding tert-OH is 2. The first-order valence-electron chi connectivity index (χ1n) is 9.38. The maximum Gasteiger partial charge on any atom is 0.226 e. The van der Waals surface area contributed by atoms with Crippen LogP contribution in [0.15, 0.2) is 35.1 Å². The van der Waals surface area contributed by atoms with Crippen LogP contribution in [0.3, 0.4) is 0 Å². The highest BCUT2D eigenvalue weighted by Crippen LogP contribution is 2.40. The number of nitrogens with one attached hydrogen (secondary N) is 1. The van der Waals surface area contributed by atoms with Gasteiger partial charge in [-0.1, -0.05) is 11.6 Å². The van der Waals surface area contributed by atoms with E-state index in [1.807, 2.05) is 0 Å². The first-order valence-corrected chi connectivity index (χ1v) is 10.1. The molecule has 0 saturated carbocycles. The SMILES string of the molecule is Cc1cnc([C@H]2O[C@@H](n3cnc4c(Nc5ccc(F)cc5Cl)nc(Cl)nc43)[C@H](O)[C@@H]2O)o1. The predicted molar refractivity (Wildman–Crippen MR) is 111 cm³/mol. The van der Waals surface area contributed by atoms with Gasteiger partial charge in [0.05, 0.1) is 23.2 Å². The molecule has 1 aromatic carbocycles. The second-order valence-corrected chi connectivity index (χ2v) is 7.90. The molecule has 3 N–H and O–H groups in total. The van der Waals surface area contributed by atoms with Crippen molar-refractivity contribution in [1.29, 1.82) is 0 Å². The largest absolute Gasteiger partial charge is 0.443 e. The van der Waals surface area contributed by atoms with Crippen LogP contribution in [0.2, 0.25) is 10.3 Å². The third-order valence-corrected chi connectivity index (χ3v) is 5.46. The van der Waals surface area contributed by atoms with E-state index in [-0.39, 0.29) is 33.2 Å². The number of anilines is 2. The average molecular weight is 481 g/mol. The Balaban J connectivity index is 1.52. The molecule has 1 saturated heterocycles. The van der Waals surface area contributed by atoms with E-state index in [0.717, 1.165) is 6.07 Å². The Hall–Kier alpha value is -2.83. The molecule has 166 valence electrons. The van der Waals surface area contributed by atoms with Crippen LogP contribution in [0.4, 0.5) is 15.9 Å². The third-order valence-electron chi connectivity index (χ3n) is 4.97. The predicted octanol–water partition coefficient (Wildman–Crippen LogP) is 3.30. The molecule has 0 spiro atoms. The normalized spacial score (nSPS) is 23.2. The van der Waals surface area contributed by atoms with Gasteiger partial charge in [0.2, 0.25) is 11.2 Å². The molecular formula is C19H15Cl2FN6O4. The van der Waals surface area contributed by atoms with Gasteiger partial charge in [0.25, 0.3) is 0 Å². The summed E-state index contributed by atoms with van der Waals surface area (Å²) in [5, 5.41) is 24.1. The Morgan fingerprint density at radius 2 is 1.97 bits per heavy atom. The summed E-state index contributed by atoms with van der Waals surface area (Å²) in [7, 11) is 0. The fourth-order valence-electron chi connectivity index (χ4n) is 3.48. The van der Waals surface area contributed by atoms with Crippen molar-refractivity contribution < 1.29 is 23.8 Å². The molecule has 0 bridgehead atoms. The monoisotopic (exact) mass is 480 g/mol. The number of nitrogens with zero attached hydrogens (tertiary/aromatic N) is 5. The summed E-state index contributed by atoms with van der Waals surface area (Å²) in [5.41, 5.74) is 0.896. The highest BCUT2D eigenvalue weighted by Gasteiger charge is 2.47. The number of benzene rings is 1. The van der Waals surface area contributed by atoms with E-state index >= 15 is 0 Å². The summed E-state index contributed by atoms with van der Waals surface area (Å²) in [6.45, 7) is 1.70. The molecular weight excluding hydrogens is 466 g/mol. The van der Waals surface area contributed by atoms with Gasteiger partial charge in [0.15, 0.2) is 29.3 Å². The quantitative estimate of drug-likeness (QED) is 0.376. The van der Waals surface area contributed by atoms with Crippen molar-refractivity contribution in [2.75, 3.05) is 5.32 Å². The first kappa shape index (κ1) is 21.0. The lowest BCUT2D eigenvalue weighted by Gasteiger charge is -2.16. The molecule has 0 aliphatic carbocycles. The van der Waals surface area contributed by atoms with Gasteiger partial charge < -0.3 is 24.7 Å². The molecule has 4 heterocycles. The fraction of sp³-hybridized carbons (Fsp3) is 0.263.